The number of carbonyl (C=O) groups is 2. The zero-order valence-corrected chi connectivity index (χ0v) is 9.61. The zero-order valence-electron chi connectivity index (χ0n) is 8.85. The molecule has 0 spiro atoms. The Morgan fingerprint density at radius 3 is 2.82 bits per heavy atom. The summed E-state index contributed by atoms with van der Waals surface area (Å²) in [5, 5.41) is 9.05. The number of carbonyl (C=O) groups excluding carboxylic acids is 1. The van der Waals surface area contributed by atoms with Crippen LogP contribution in [-0.4, -0.2) is 36.7 Å². The highest BCUT2D eigenvalue weighted by Crippen LogP contribution is 2.27. The monoisotopic (exact) mass is 255 g/mol. The van der Waals surface area contributed by atoms with E-state index in [4.69, 9.17) is 21.4 Å². The van der Waals surface area contributed by atoms with E-state index in [0.717, 1.165) is 0 Å². The van der Waals surface area contributed by atoms with E-state index in [2.05, 4.69) is 0 Å². The van der Waals surface area contributed by atoms with Gasteiger partial charge in [0, 0.05) is 6.54 Å². The summed E-state index contributed by atoms with van der Waals surface area (Å²) in [4.78, 5) is 23.8. The minimum absolute atomic E-state index is 0.0248. The van der Waals surface area contributed by atoms with E-state index in [1.54, 1.807) is 0 Å². The van der Waals surface area contributed by atoms with Crippen LogP contribution in [0, 0.1) is 0 Å². The van der Waals surface area contributed by atoms with Crippen LogP contribution in [0.5, 0.6) is 0 Å². The SMILES string of the molecule is O=C(O)c1ccc(N2CCOCC2=O)c(Cl)c1. The quantitative estimate of drug-likeness (QED) is 0.868. The highest BCUT2D eigenvalue weighted by molar-refractivity contribution is 6.34. The van der Waals surface area contributed by atoms with Crippen molar-refractivity contribution in [3.8, 4) is 0 Å². The molecule has 90 valence electrons. The average molecular weight is 256 g/mol. The fourth-order valence-electron chi connectivity index (χ4n) is 1.63. The number of anilines is 1. The summed E-state index contributed by atoms with van der Waals surface area (Å²) in [7, 11) is 0. The van der Waals surface area contributed by atoms with Crippen LogP contribution in [0.25, 0.3) is 0 Å². The minimum Gasteiger partial charge on any atom is -0.478 e. The lowest BCUT2D eigenvalue weighted by Crippen LogP contribution is -2.41. The number of halogens is 1. The summed E-state index contributed by atoms with van der Waals surface area (Å²) < 4.78 is 5.01. The number of hydrogen-bond acceptors (Lipinski definition) is 3. The lowest BCUT2D eigenvalue weighted by atomic mass is 10.2. The maximum absolute atomic E-state index is 11.6. The Balaban J connectivity index is 2.32. The number of amides is 1. The van der Waals surface area contributed by atoms with E-state index in [1.807, 2.05) is 0 Å². The standard InChI is InChI=1S/C11H10ClNO4/c12-8-5-7(11(15)16)1-2-9(8)13-3-4-17-6-10(13)14/h1-2,5H,3-4,6H2,(H,15,16). The molecule has 0 radical (unpaired) electrons. The maximum Gasteiger partial charge on any atom is 0.335 e. The Morgan fingerprint density at radius 1 is 1.47 bits per heavy atom. The van der Waals surface area contributed by atoms with Crippen LogP contribution in [0.15, 0.2) is 18.2 Å². The van der Waals surface area contributed by atoms with Crippen LogP contribution in [0.2, 0.25) is 5.02 Å². The number of carboxylic acid groups (broad SMARTS) is 1. The molecule has 0 atom stereocenters. The molecule has 2 rings (SSSR count). The van der Waals surface area contributed by atoms with Crippen molar-refractivity contribution in [1.29, 1.82) is 0 Å². The molecule has 1 aromatic carbocycles. The first-order valence-electron chi connectivity index (χ1n) is 5.00. The molecule has 1 aliphatic rings. The first-order valence-corrected chi connectivity index (χ1v) is 5.38. The van der Waals surface area contributed by atoms with Gasteiger partial charge in [0.05, 0.1) is 22.9 Å². The highest BCUT2D eigenvalue weighted by Gasteiger charge is 2.22. The molecule has 0 bridgehead atoms. The summed E-state index contributed by atoms with van der Waals surface area (Å²) >= 11 is 5.97. The number of hydrogen-bond donors (Lipinski definition) is 1. The van der Waals surface area contributed by atoms with E-state index >= 15 is 0 Å². The predicted molar refractivity (Wildman–Crippen MR) is 61.6 cm³/mol. The molecule has 1 saturated heterocycles. The molecule has 1 aliphatic heterocycles. The highest BCUT2D eigenvalue weighted by atomic mass is 35.5. The van der Waals surface area contributed by atoms with Gasteiger partial charge in [-0.1, -0.05) is 11.6 Å². The third kappa shape index (κ3) is 2.40. The fourth-order valence-corrected chi connectivity index (χ4v) is 1.91. The summed E-state index contributed by atoms with van der Waals surface area (Å²) in [6.45, 7) is 0.894. The van der Waals surface area contributed by atoms with Crippen LogP contribution in [0.3, 0.4) is 0 Å². The van der Waals surface area contributed by atoms with Gasteiger partial charge in [0.2, 0.25) is 0 Å². The second kappa shape index (κ2) is 4.73. The number of rotatable bonds is 2. The van der Waals surface area contributed by atoms with Gasteiger partial charge in [-0.05, 0) is 18.2 Å². The number of ether oxygens (including phenoxy) is 1. The smallest absolute Gasteiger partial charge is 0.335 e. The van der Waals surface area contributed by atoms with Crippen LogP contribution < -0.4 is 4.90 Å². The molecule has 1 fully saturated rings. The fraction of sp³-hybridized carbons (Fsp3) is 0.273. The van der Waals surface area contributed by atoms with Gasteiger partial charge >= 0.3 is 5.97 Å². The molecule has 0 unspecified atom stereocenters. The largest absolute Gasteiger partial charge is 0.478 e. The van der Waals surface area contributed by atoms with Gasteiger partial charge in [0.1, 0.15) is 6.61 Å². The van der Waals surface area contributed by atoms with Crippen LogP contribution in [0.4, 0.5) is 5.69 Å². The molecule has 0 aromatic heterocycles. The van der Waals surface area contributed by atoms with Gasteiger partial charge in [0.25, 0.3) is 5.91 Å². The van der Waals surface area contributed by atoms with Gasteiger partial charge in [-0.15, -0.1) is 0 Å². The third-order valence-corrected chi connectivity index (χ3v) is 2.77. The van der Waals surface area contributed by atoms with Crippen molar-refractivity contribution in [2.45, 2.75) is 0 Å². The predicted octanol–water partition coefficient (Wildman–Crippen LogP) is 1.40. The molecule has 17 heavy (non-hydrogen) atoms. The number of carboxylic acids is 1. The Labute approximate surface area is 103 Å². The Morgan fingerprint density at radius 2 is 2.24 bits per heavy atom. The van der Waals surface area contributed by atoms with E-state index in [-0.39, 0.29) is 23.1 Å². The van der Waals surface area contributed by atoms with E-state index < -0.39 is 5.97 Å². The van der Waals surface area contributed by atoms with Crippen molar-refractivity contribution in [1.82, 2.24) is 0 Å². The van der Waals surface area contributed by atoms with Gasteiger partial charge in [-0.25, -0.2) is 4.79 Å². The van der Waals surface area contributed by atoms with Gasteiger partial charge in [-0.2, -0.15) is 0 Å². The third-order valence-electron chi connectivity index (χ3n) is 2.47. The molecule has 1 heterocycles. The zero-order chi connectivity index (χ0) is 12.4. The molecule has 6 heteroatoms. The van der Waals surface area contributed by atoms with E-state index in [1.165, 1.54) is 23.1 Å². The second-order valence-corrected chi connectivity index (χ2v) is 3.98. The van der Waals surface area contributed by atoms with E-state index in [0.29, 0.717) is 18.8 Å². The van der Waals surface area contributed by atoms with Crippen LogP contribution in [-0.2, 0) is 9.53 Å². The molecule has 5 nitrogen and oxygen atoms in total. The van der Waals surface area contributed by atoms with Crippen LogP contribution in [0.1, 0.15) is 10.4 Å². The molecule has 1 aromatic rings. The van der Waals surface area contributed by atoms with Gasteiger partial charge in [0.15, 0.2) is 0 Å². The topological polar surface area (TPSA) is 66.8 Å². The van der Waals surface area contributed by atoms with Crippen molar-refractivity contribution in [3.05, 3.63) is 28.8 Å². The Bertz CT molecular complexity index is 475. The van der Waals surface area contributed by atoms with Crippen molar-refractivity contribution in [2.75, 3.05) is 24.7 Å². The summed E-state index contributed by atoms with van der Waals surface area (Å²) in [6, 6.07) is 4.29. The Kier molecular flexibility index (Phi) is 3.31. The summed E-state index contributed by atoms with van der Waals surface area (Å²) in [6.07, 6.45) is 0. The normalized spacial score (nSPS) is 16.1. The van der Waals surface area contributed by atoms with Crippen molar-refractivity contribution in [2.24, 2.45) is 0 Å². The minimum atomic E-state index is -1.05. The first-order chi connectivity index (χ1) is 8.09. The Hall–Kier alpha value is -1.59. The van der Waals surface area contributed by atoms with Crippen molar-refractivity contribution >= 4 is 29.2 Å². The first kappa shape index (κ1) is 11.9. The second-order valence-electron chi connectivity index (χ2n) is 3.57. The molecular weight excluding hydrogens is 246 g/mol. The van der Waals surface area contributed by atoms with Crippen molar-refractivity contribution < 1.29 is 19.4 Å². The van der Waals surface area contributed by atoms with Crippen LogP contribution >= 0.6 is 11.6 Å². The molecule has 0 aliphatic carbocycles. The maximum atomic E-state index is 11.6. The number of morpholine rings is 1. The number of benzene rings is 1. The number of nitrogens with zero attached hydrogens (tertiary/aromatic N) is 1. The number of aromatic carboxylic acids is 1. The van der Waals surface area contributed by atoms with E-state index in [9.17, 15) is 9.59 Å². The van der Waals surface area contributed by atoms with Crippen molar-refractivity contribution in [3.63, 3.8) is 0 Å². The molecule has 1 amide bonds. The van der Waals surface area contributed by atoms with Gasteiger partial charge < -0.3 is 14.7 Å². The lowest BCUT2D eigenvalue weighted by Gasteiger charge is -2.27. The molecular formula is C11H10ClNO4. The molecule has 0 saturated carbocycles. The van der Waals surface area contributed by atoms with Gasteiger partial charge in [-0.3, -0.25) is 4.79 Å². The summed E-state index contributed by atoms with van der Waals surface area (Å²) in [5.74, 6) is -1.23. The average Bonchev–Trinajstić information content (AvgIpc) is 2.30. The lowest BCUT2D eigenvalue weighted by molar-refractivity contribution is -0.125. The summed E-state index contributed by atoms with van der Waals surface area (Å²) in [5.41, 5.74) is 0.615. The molecule has 1 N–H and O–H groups in total.